The van der Waals surface area contributed by atoms with Crippen LogP contribution in [0.25, 0.3) is 10.2 Å². The Morgan fingerprint density at radius 3 is 2.12 bits per heavy atom. The van der Waals surface area contributed by atoms with Gasteiger partial charge in [-0.2, -0.15) is 8.42 Å². The first-order valence-electron chi connectivity index (χ1n) is 15.2. The van der Waals surface area contributed by atoms with E-state index in [0.717, 1.165) is 32.8 Å². The number of carbonyl (C=O) groups excluding carboxylic acids is 3. The molecule has 4 aromatic carbocycles. The normalized spacial score (nSPS) is 16.3. The summed E-state index contributed by atoms with van der Waals surface area (Å²) >= 11 is 1.39. The van der Waals surface area contributed by atoms with Crippen LogP contribution >= 0.6 is 32.9 Å². The summed E-state index contributed by atoms with van der Waals surface area (Å²) in [5.41, 5.74) is 1.24. The molecule has 0 spiro atoms. The van der Waals surface area contributed by atoms with Gasteiger partial charge in [0.15, 0.2) is 28.5 Å². The largest absolute Gasteiger partial charge is 0.488 e. The number of amides is 2. The maximum atomic E-state index is 14.1. The van der Waals surface area contributed by atoms with E-state index in [1.165, 1.54) is 22.1 Å². The predicted octanol–water partition coefficient (Wildman–Crippen LogP) is 6.56. The van der Waals surface area contributed by atoms with Crippen LogP contribution in [0.15, 0.2) is 131 Å². The number of nitrogens with zero attached hydrogens (tertiary/aromatic N) is 2. The molecule has 6 rings (SSSR count). The molecule has 1 saturated heterocycles. The lowest BCUT2D eigenvalue weighted by Crippen LogP contribution is -2.69. The molecule has 5 aromatic rings. The first kappa shape index (κ1) is 35.9. The van der Waals surface area contributed by atoms with Gasteiger partial charge in [-0.25, -0.2) is 9.78 Å². The fourth-order valence-corrected chi connectivity index (χ4v) is 9.43. The molecular formula is C35H28FN3O8S4. The zero-order valence-corrected chi connectivity index (χ0v) is 29.8. The van der Waals surface area contributed by atoms with Crippen LogP contribution in [0.5, 0.6) is 5.75 Å². The number of halogens is 1. The topological polar surface area (TPSA) is 141 Å². The van der Waals surface area contributed by atoms with Gasteiger partial charge in [-0.1, -0.05) is 106 Å². The first-order valence-corrected chi connectivity index (χ1v) is 19.6. The van der Waals surface area contributed by atoms with Crippen LogP contribution in [0.2, 0.25) is 0 Å². The molecule has 0 unspecified atom stereocenters. The van der Waals surface area contributed by atoms with Gasteiger partial charge in [-0.3, -0.25) is 14.5 Å². The predicted molar refractivity (Wildman–Crippen MR) is 192 cm³/mol. The van der Waals surface area contributed by atoms with Crippen molar-refractivity contribution in [3.8, 4) is 5.75 Å². The molecule has 1 aromatic heterocycles. The van der Waals surface area contributed by atoms with Crippen molar-refractivity contribution < 1.29 is 40.3 Å². The van der Waals surface area contributed by atoms with Crippen LogP contribution < -0.4 is 10.1 Å². The lowest BCUT2D eigenvalue weighted by atomic mass is 10.0. The zero-order chi connectivity index (χ0) is 36.0. The molecular weight excluding hydrogens is 738 g/mol. The number of carbonyl (C=O) groups is 3. The van der Waals surface area contributed by atoms with Crippen molar-refractivity contribution in [3.63, 3.8) is 0 Å². The van der Waals surface area contributed by atoms with Crippen molar-refractivity contribution in [2.75, 3.05) is 6.61 Å². The van der Waals surface area contributed by atoms with Crippen LogP contribution in [-0.4, -0.2) is 54.1 Å². The van der Waals surface area contributed by atoms with E-state index >= 15 is 0 Å². The van der Waals surface area contributed by atoms with E-state index in [1.54, 1.807) is 91.0 Å². The van der Waals surface area contributed by atoms with Gasteiger partial charge in [0.1, 0.15) is 17.2 Å². The molecule has 11 nitrogen and oxygen atoms in total. The Hall–Kier alpha value is -4.90. The first-order chi connectivity index (χ1) is 24.6. The van der Waals surface area contributed by atoms with Crippen LogP contribution in [-0.2, 0) is 33.8 Å². The maximum absolute atomic E-state index is 14.1. The fourth-order valence-electron chi connectivity index (χ4n) is 5.14. The lowest BCUT2D eigenvalue weighted by molar-refractivity contribution is -0.155. The lowest BCUT2D eigenvalue weighted by Gasteiger charge is -2.46. The quantitative estimate of drug-likeness (QED) is 0.0328. The Labute approximate surface area is 304 Å². The molecule has 2 amide bonds. The number of nitrogens with one attached hydrogen (secondary N) is 1. The number of benzene rings is 4. The number of β-lactam (4-membered cyclic amide) rings is 1. The van der Waals surface area contributed by atoms with Gasteiger partial charge in [-0.15, -0.1) is 11.3 Å². The number of thiazole rings is 1. The van der Waals surface area contributed by atoms with Crippen molar-refractivity contribution in [2.45, 2.75) is 28.8 Å². The second kappa shape index (κ2) is 16.0. The third-order valence-electron chi connectivity index (χ3n) is 7.39. The molecule has 0 bridgehead atoms. The highest BCUT2D eigenvalue weighted by atomic mass is 33.1. The number of likely N-dealkylation sites (tertiary alicyclic amines) is 1. The van der Waals surface area contributed by atoms with Gasteiger partial charge in [0.25, 0.3) is 11.8 Å². The highest BCUT2D eigenvalue weighted by Gasteiger charge is 2.53. The maximum Gasteiger partial charge on any atom is 0.488 e. The SMILES string of the molecule is CC(OS(=O)(=O)F)=C(C(=O)OC(c1ccccc1)c1ccccc1)N1C(=O)[C@@H](NC(=O)COc2ccccc2)[C@H]1SSc1nc2ccccc2s1. The molecule has 51 heavy (non-hydrogen) atoms. The average molecular weight is 766 g/mol. The molecule has 0 radical (unpaired) electrons. The Bertz CT molecular complexity index is 2100. The van der Waals surface area contributed by atoms with Gasteiger partial charge in [0.2, 0.25) is 0 Å². The monoisotopic (exact) mass is 765 g/mol. The molecule has 2 atom stereocenters. The molecule has 0 saturated carbocycles. The summed E-state index contributed by atoms with van der Waals surface area (Å²) in [5, 5.41) is 1.60. The zero-order valence-electron chi connectivity index (χ0n) is 26.6. The second-order valence-electron chi connectivity index (χ2n) is 10.9. The van der Waals surface area contributed by atoms with Gasteiger partial charge < -0.3 is 19.0 Å². The van der Waals surface area contributed by atoms with Crippen molar-refractivity contribution in [1.82, 2.24) is 15.2 Å². The molecule has 1 aliphatic heterocycles. The Kier molecular flexibility index (Phi) is 11.2. The summed E-state index contributed by atoms with van der Waals surface area (Å²) in [6.45, 7) is 0.613. The molecule has 262 valence electrons. The van der Waals surface area contributed by atoms with Crippen LogP contribution in [0.4, 0.5) is 3.89 Å². The second-order valence-corrected chi connectivity index (χ2v) is 15.4. The van der Waals surface area contributed by atoms with Gasteiger partial charge in [0.05, 0.1) is 10.2 Å². The number of allylic oxidation sites excluding steroid dienone is 1. The molecule has 1 fully saturated rings. The number of ether oxygens (including phenoxy) is 2. The fraction of sp³-hybridized carbons (Fsp3) is 0.143. The Morgan fingerprint density at radius 1 is 0.922 bits per heavy atom. The van der Waals surface area contributed by atoms with Crippen LogP contribution in [0.3, 0.4) is 0 Å². The van der Waals surface area contributed by atoms with Gasteiger partial charge >= 0.3 is 16.5 Å². The third kappa shape index (κ3) is 8.89. The van der Waals surface area contributed by atoms with Crippen molar-refractivity contribution in [3.05, 3.63) is 138 Å². The summed E-state index contributed by atoms with van der Waals surface area (Å²) in [4.78, 5) is 46.5. The number of para-hydroxylation sites is 2. The summed E-state index contributed by atoms with van der Waals surface area (Å²) in [7, 11) is -3.38. The van der Waals surface area contributed by atoms with E-state index in [1.807, 2.05) is 24.3 Å². The Morgan fingerprint density at radius 2 is 1.51 bits per heavy atom. The van der Waals surface area contributed by atoms with E-state index < -0.39 is 63.9 Å². The smallest absolute Gasteiger partial charge is 0.484 e. The number of esters is 1. The summed E-state index contributed by atoms with van der Waals surface area (Å²) in [6.07, 6.45) is -1.00. The number of aromatic nitrogens is 1. The summed E-state index contributed by atoms with van der Waals surface area (Å²) < 4.78 is 54.8. The minimum atomic E-state index is -5.63. The number of hydrogen-bond acceptors (Lipinski definition) is 12. The highest BCUT2D eigenvalue weighted by Crippen LogP contribution is 2.46. The van der Waals surface area contributed by atoms with E-state index in [9.17, 15) is 26.7 Å². The highest BCUT2D eigenvalue weighted by molar-refractivity contribution is 8.77. The van der Waals surface area contributed by atoms with Crippen LogP contribution in [0.1, 0.15) is 24.2 Å². The molecule has 2 heterocycles. The van der Waals surface area contributed by atoms with E-state index in [0.29, 0.717) is 21.2 Å². The van der Waals surface area contributed by atoms with Crippen molar-refractivity contribution >= 4 is 71.4 Å². The van der Waals surface area contributed by atoms with E-state index in [2.05, 4.69) is 14.5 Å². The van der Waals surface area contributed by atoms with Crippen LogP contribution in [0, 0.1) is 0 Å². The molecule has 0 aliphatic carbocycles. The summed E-state index contributed by atoms with van der Waals surface area (Å²) in [5.74, 6) is -2.91. The minimum absolute atomic E-state index is 0.418. The number of hydrogen-bond donors (Lipinski definition) is 1. The van der Waals surface area contributed by atoms with E-state index in [4.69, 9.17) is 9.47 Å². The molecule has 1 aliphatic rings. The van der Waals surface area contributed by atoms with E-state index in [-0.39, 0.29) is 0 Å². The molecule has 1 N–H and O–H groups in total. The van der Waals surface area contributed by atoms with Crippen molar-refractivity contribution in [1.29, 1.82) is 0 Å². The van der Waals surface area contributed by atoms with Gasteiger partial charge in [0, 0.05) is 0 Å². The Balaban J connectivity index is 1.32. The number of fused-ring (bicyclic) bond motifs is 1. The van der Waals surface area contributed by atoms with Crippen molar-refractivity contribution in [2.24, 2.45) is 0 Å². The number of rotatable bonds is 14. The third-order valence-corrected chi connectivity index (χ3v) is 11.8. The van der Waals surface area contributed by atoms with Gasteiger partial charge in [-0.05, 0) is 53.1 Å². The minimum Gasteiger partial charge on any atom is -0.484 e. The molecule has 16 heteroatoms. The summed E-state index contributed by atoms with van der Waals surface area (Å²) in [6, 6.07) is 32.4. The average Bonchev–Trinajstić information content (AvgIpc) is 3.55. The standard InChI is InChI=1S/C35H28FN3O8S4/c1-22(47-51(36,43)44)30(34(42)46-31(23-13-5-2-6-14-23)24-15-7-3-8-16-24)39-32(41)29(38-28(40)21-45-25-17-9-4-10-18-25)33(39)49-50-35-37-26-19-11-12-20-27(26)48-35/h2-20,29,31,33H,21H2,1H3,(H,38,40)/t29-,33-/m1/s1.